The molecule has 0 radical (unpaired) electrons. The molecule has 0 atom stereocenters. The highest BCUT2D eigenvalue weighted by Crippen LogP contribution is 2.20. The third-order valence-corrected chi connectivity index (χ3v) is 1.89. The first-order chi connectivity index (χ1) is 8.15. The maximum absolute atomic E-state index is 10.5. The summed E-state index contributed by atoms with van der Waals surface area (Å²) in [6, 6.07) is 2.76. The molecule has 0 saturated carbocycles. The average Bonchev–Trinajstić information content (AvgIpc) is 2.28. The number of nitro groups is 1. The summed E-state index contributed by atoms with van der Waals surface area (Å²) in [6.07, 6.45) is 0. The summed E-state index contributed by atoms with van der Waals surface area (Å²) in [7, 11) is 0. The minimum absolute atomic E-state index is 0.0251. The van der Waals surface area contributed by atoms with Crippen molar-refractivity contribution in [2.45, 2.75) is 0 Å². The molecular weight excluding hydrogens is 228 g/mol. The van der Waals surface area contributed by atoms with Crippen LogP contribution >= 0.6 is 0 Å². The minimum Gasteiger partial charge on any atom is -0.394 e. The number of nitrogens with one attached hydrogen (secondary N) is 1. The van der Waals surface area contributed by atoms with Crippen molar-refractivity contribution in [3.05, 3.63) is 22.2 Å². The van der Waals surface area contributed by atoms with Gasteiger partial charge < -0.3 is 20.9 Å². The lowest BCUT2D eigenvalue weighted by molar-refractivity contribution is -0.384. The molecule has 0 spiro atoms. The number of hydrogen-bond acceptors (Lipinski definition) is 7. The van der Waals surface area contributed by atoms with Gasteiger partial charge >= 0.3 is 5.69 Å². The average molecular weight is 242 g/mol. The molecule has 1 heterocycles. The van der Waals surface area contributed by atoms with E-state index < -0.39 is 4.92 Å². The van der Waals surface area contributed by atoms with Crippen molar-refractivity contribution in [3.8, 4) is 0 Å². The van der Waals surface area contributed by atoms with Crippen molar-refractivity contribution in [2.24, 2.45) is 0 Å². The second-order valence-electron chi connectivity index (χ2n) is 3.12. The molecule has 1 aromatic heterocycles. The van der Waals surface area contributed by atoms with Gasteiger partial charge in [-0.2, -0.15) is 0 Å². The highest BCUT2D eigenvalue weighted by Gasteiger charge is 2.12. The molecule has 0 aliphatic heterocycles. The van der Waals surface area contributed by atoms with Crippen LogP contribution in [0.15, 0.2) is 12.1 Å². The van der Waals surface area contributed by atoms with E-state index in [4.69, 9.17) is 15.6 Å². The number of aromatic nitrogens is 1. The molecule has 0 amide bonds. The number of hydrogen-bond donors (Lipinski definition) is 3. The zero-order valence-corrected chi connectivity index (χ0v) is 9.13. The molecular formula is C9H14N4O4. The van der Waals surface area contributed by atoms with Crippen molar-refractivity contribution in [3.63, 3.8) is 0 Å². The molecule has 8 nitrogen and oxygen atoms in total. The molecule has 0 aromatic carbocycles. The maximum Gasteiger partial charge on any atom is 0.311 e. The fraction of sp³-hybridized carbons (Fsp3) is 0.444. The zero-order chi connectivity index (χ0) is 12.7. The first-order valence-corrected chi connectivity index (χ1v) is 4.98. The maximum atomic E-state index is 10.5. The number of aliphatic hydroxyl groups is 1. The third-order valence-electron chi connectivity index (χ3n) is 1.89. The van der Waals surface area contributed by atoms with Crippen LogP contribution in [0, 0.1) is 10.1 Å². The molecule has 0 unspecified atom stereocenters. The van der Waals surface area contributed by atoms with Crippen molar-refractivity contribution in [1.82, 2.24) is 4.98 Å². The number of nitrogens with zero attached hydrogens (tertiary/aromatic N) is 2. The topological polar surface area (TPSA) is 124 Å². The van der Waals surface area contributed by atoms with E-state index in [1.807, 2.05) is 0 Å². The Labute approximate surface area is 97.6 Å². The fourth-order valence-electron chi connectivity index (χ4n) is 1.14. The summed E-state index contributed by atoms with van der Waals surface area (Å²) in [5.41, 5.74) is 5.20. The van der Waals surface area contributed by atoms with Crippen molar-refractivity contribution < 1.29 is 14.8 Å². The van der Waals surface area contributed by atoms with Gasteiger partial charge in [0, 0.05) is 12.6 Å². The van der Waals surface area contributed by atoms with Gasteiger partial charge in [0.05, 0.1) is 24.7 Å². The predicted octanol–water partition coefficient (Wildman–Crippen LogP) is -0.00720. The fourth-order valence-corrected chi connectivity index (χ4v) is 1.14. The summed E-state index contributed by atoms with van der Waals surface area (Å²) in [6.45, 7) is 1.13. The molecule has 0 saturated heterocycles. The number of nitrogens with two attached hydrogens (primary N) is 1. The van der Waals surface area contributed by atoms with Gasteiger partial charge in [-0.25, -0.2) is 4.98 Å². The normalized spacial score (nSPS) is 10.2. The monoisotopic (exact) mass is 242 g/mol. The summed E-state index contributed by atoms with van der Waals surface area (Å²) >= 11 is 0. The molecule has 0 fully saturated rings. The van der Waals surface area contributed by atoms with Gasteiger partial charge in [0.1, 0.15) is 5.82 Å². The SMILES string of the molecule is Nc1nc(NCCOCCO)ccc1[N+](=O)[O-]. The molecule has 0 bridgehead atoms. The van der Waals surface area contributed by atoms with Crippen LogP contribution in [0.1, 0.15) is 0 Å². The minimum atomic E-state index is -0.587. The van der Waals surface area contributed by atoms with Crippen molar-refractivity contribution in [2.75, 3.05) is 37.4 Å². The van der Waals surface area contributed by atoms with Crippen LogP contribution in [-0.2, 0) is 4.74 Å². The summed E-state index contributed by atoms with van der Waals surface area (Å²) in [4.78, 5) is 13.7. The number of rotatable bonds is 7. The molecule has 1 rings (SSSR count). The second kappa shape index (κ2) is 6.61. The van der Waals surface area contributed by atoms with E-state index in [-0.39, 0.29) is 24.7 Å². The molecule has 0 aliphatic carbocycles. The van der Waals surface area contributed by atoms with E-state index in [1.165, 1.54) is 12.1 Å². The van der Waals surface area contributed by atoms with Crippen LogP contribution in [0.4, 0.5) is 17.3 Å². The van der Waals surface area contributed by atoms with Gasteiger partial charge in [0.2, 0.25) is 5.82 Å². The Balaban J connectivity index is 2.45. The Bertz CT molecular complexity index is 385. The van der Waals surface area contributed by atoms with E-state index >= 15 is 0 Å². The Morgan fingerprint density at radius 1 is 1.53 bits per heavy atom. The van der Waals surface area contributed by atoms with Gasteiger partial charge in [-0.3, -0.25) is 10.1 Å². The third kappa shape index (κ3) is 4.21. The van der Waals surface area contributed by atoms with Crippen LogP contribution in [0.3, 0.4) is 0 Å². The molecule has 0 aliphatic rings. The second-order valence-corrected chi connectivity index (χ2v) is 3.12. The Hall–Kier alpha value is -1.93. The number of aliphatic hydroxyl groups excluding tert-OH is 1. The van der Waals surface area contributed by atoms with Crippen molar-refractivity contribution >= 4 is 17.3 Å². The highest BCUT2D eigenvalue weighted by molar-refractivity contribution is 5.57. The summed E-state index contributed by atoms with van der Waals surface area (Å²) in [5.74, 6) is 0.317. The number of ether oxygens (including phenoxy) is 1. The quantitative estimate of drug-likeness (QED) is 0.349. The highest BCUT2D eigenvalue weighted by atomic mass is 16.6. The smallest absolute Gasteiger partial charge is 0.311 e. The van der Waals surface area contributed by atoms with E-state index in [0.717, 1.165) is 0 Å². The van der Waals surface area contributed by atoms with Crippen LogP contribution in [-0.4, -0.2) is 41.4 Å². The summed E-state index contributed by atoms with van der Waals surface area (Å²) < 4.78 is 5.02. The van der Waals surface area contributed by atoms with Gasteiger partial charge in [-0.05, 0) is 6.07 Å². The first kappa shape index (κ1) is 13.1. The standard InChI is InChI=1S/C9H14N4O4/c10-9-7(13(15)16)1-2-8(12-9)11-3-5-17-6-4-14/h1-2,14H,3-6H2,(H3,10,11,12). The number of pyridine rings is 1. The van der Waals surface area contributed by atoms with Crippen LogP contribution in [0.5, 0.6) is 0 Å². The Kier molecular flexibility index (Phi) is 5.11. The first-order valence-electron chi connectivity index (χ1n) is 4.98. The number of nitrogen functional groups attached to an aromatic ring is 1. The van der Waals surface area contributed by atoms with Gasteiger partial charge in [0.25, 0.3) is 0 Å². The van der Waals surface area contributed by atoms with Crippen molar-refractivity contribution in [1.29, 1.82) is 0 Å². The summed E-state index contributed by atoms with van der Waals surface area (Å²) in [5, 5.41) is 21.8. The zero-order valence-electron chi connectivity index (χ0n) is 9.13. The van der Waals surface area contributed by atoms with Crippen LogP contribution in [0.25, 0.3) is 0 Å². The van der Waals surface area contributed by atoms with Gasteiger partial charge in [-0.15, -0.1) is 0 Å². The van der Waals surface area contributed by atoms with E-state index in [2.05, 4.69) is 10.3 Å². The van der Waals surface area contributed by atoms with E-state index in [1.54, 1.807) is 0 Å². The lowest BCUT2D eigenvalue weighted by Crippen LogP contribution is -2.12. The Morgan fingerprint density at radius 2 is 2.29 bits per heavy atom. The number of anilines is 2. The van der Waals surface area contributed by atoms with Crippen LogP contribution < -0.4 is 11.1 Å². The largest absolute Gasteiger partial charge is 0.394 e. The predicted molar refractivity (Wildman–Crippen MR) is 61.7 cm³/mol. The molecule has 4 N–H and O–H groups in total. The molecule has 17 heavy (non-hydrogen) atoms. The molecule has 8 heteroatoms. The molecule has 1 aromatic rings. The van der Waals surface area contributed by atoms with E-state index in [9.17, 15) is 10.1 Å². The lowest BCUT2D eigenvalue weighted by Gasteiger charge is -2.06. The molecule has 94 valence electrons. The van der Waals surface area contributed by atoms with Crippen LogP contribution in [0.2, 0.25) is 0 Å². The lowest BCUT2D eigenvalue weighted by atomic mass is 10.4. The van der Waals surface area contributed by atoms with E-state index in [0.29, 0.717) is 19.0 Å². The Morgan fingerprint density at radius 3 is 2.88 bits per heavy atom. The van der Waals surface area contributed by atoms with Gasteiger partial charge in [-0.1, -0.05) is 0 Å². The van der Waals surface area contributed by atoms with Gasteiger partial charge in [0.15, 0.2) is 0 Å².